The molecule has 1 aliphatic rings. The molecule has 0 bridgehead atoms. The van der Waals surface area contributed by atoms with Crippen molar-refractivity contribution in [3.8, 4) is 10.0 Å². The fourth-order valence-electron chi connectivity index (χ4n) is 1.78. The summed E-state index contributed by atoms with van der Waals surface area (Å²) in [5.41, 5.74) is 0.606. The van der Waals surface area contributed by atoms with E-state index in [4.69, 9.17) is 0 Å². The van der Waals surface area contributed by atoms with Crippen LogP contribution in [0.1, 0.15) is 41.0 Å². The Kier molecular flexibility index (Phi) is 3.13. The zero-order chi connectivity index (χ0) is 12.5. The molecule has 0 saturated heterocycles. The molecule has 0 radical (unpaired) electrons. The molecule has 1 fully saturated rings. The Bertz CT molecular complexity index is 558. The fraction of sp³-hybridized carbons (Fsp3) is 0.417. The summed E-state index contributed by atoms with van der Waals surface area (Å²) in [6.07, 6.45) is 4.11. The number of nitrogens with zero attached hydrogens (tertiary/aromatic N) is 2. The van der Waals surface area contributed by atoms with Crippen molar-refractivity contribution in [1.82, 2.24) is 15.3 Å². The highest BCUT2D eigenvalue weighted by Gasteiger charge is 2.32. The smallest absolute Gasteiger partial charge is 0.271 e. The lowest BCUT2D eigenvalue weighted by Crippen LogP contribution is -2.23. The second-order valence-electron chi connectivity index (χ2n) is 4.20. The van der Waals surface area contributed by atoms with Crippen LogP contribution in [0.3, 0.4) is 0 Å². The van der Waals surface area contributed by atoms with Gasteiger partial charge in [0.1, 0.15) is 5.69 Å². The van der Waals surface area contributed by atoms with E-state index in [0.717, 1.165) is 14.9 Å². The first-order valence-electron chi connectivity index (χ1n) is 5.98. The maximum absolute atomic E-state index is 12.0. The molecule has 1 saturated carbocycles. The van der Waals surface area contributed by atoms with Crippen LogP contribution in [0.4, 0.5) is 0 Å². The van der Waals surface area contributed by atoms with Crippen LogP contribution in [0.25, 0.3) is 10.0 Å². The van der Waals surface area contributed by atoms with Crippen molar-refractivity contribution in [2.45, 2.75) is 25.7 Å². The number of hydrogen-bond acceptors (Lipinski definition) is 5. The molecule has 2 aromatic heterocycles. The van der Waals surface area contributed by atoms with Crippen LogP contribution in [0.15, 0.2) is 11.6 Å². The first-order chi connectivity index (χ1) is 8.79. The molecule has 2 heterocycles. The van der Waals surface area contributed by atoms with Gasteiger partial charge in [-0.15, -0.1) is 22.7 Å². The van der Waals surface area contributed by atoms with E-state index in [1.807, 2.05) is 12.3 Å². The van der Waals surface area contributed by atoms with Gasteiger partial charge in [0.15, 0.2) is 10.0 Å². The van der Waals surface area contributed by atoms with E-state index >= 15 is 0 Å². The second-order valence-corrected chi connectivity index (χ2v) is 6.13. The van der Waals surface area contributed by atoms with Gasteiger partial charge in [-0.25, -0.2) is 9.97 Å². The minimum absolute atomic E-state index is 0.0570. The number of carbonyl (C=O) groups excluding carboxylic acids is 1. The van der Waals surface area contributed by atoms with Gasteiger partial charge in [0.2, 0.25) is 0 Å². The van der Waals surface area contributed by atoms with E-state index in [2.05, 4.69) is 15.3 Å². The molecular formula is C12H13N3OS2. The lowest BCUT2D eigenvalue weighted by molar-refractivity contribution is 0.0950. The summed E-state index contributed by atoms with van der Waals surface area (Å²) in [7, 11) is 0. The summed E-state index contributed by atoms with van der Waals surface area (Å²) in [6.45, 7) is 2.55. The third-order valence-electron chi connectivity index (χ3n) is 2.77. The molecule has 0 atom stereocenters. The zero-order valence-corrected chi connectivity index (χ0v) is 11.6. The van der Waals surface area contributed by atoms with E-state index in [9.17, 15) is 4.79 Å². The minimum Gasteiger partial charge on any atom is -0.351 e. The number of rotatable bonds is 4. The largest absolute Gasteiger partial charge is 0.351 e. The third-order valence-corrected chi connectivity index (χ3v) is 4.90. The molecule has 1 aliphatic carbocycles. The molecule has 3 rings (SSSR count). The van der Waals surface area contributed by atoms with Gasteiger partial charge in [0, 0.05) is 23.0 Å². The highest BCUT2D eigenvalue weighted by molar-refractivity contribution is 7.20. The maximum atomic E-state index is 12.0. The Balaban J connectivity index is 1.98. The van der Waals surface area contributed by atoms with Crippen molar-refractivity contribution in [3.05, 3.63) is 22.1 Å². The molecule has 0 aromatic carbocycles. The first-order valence-corrected chi connectivity index (χ1v) is 7.68. The van der Waals surface area contributed by atoms with Gasteiger partial charge in [-0.3, -0.25) is 4.79 Å². The molecule has 18 heavy (non-hydrogen) atoms. The second kappa shape index (κ2) is 4.78. The first kappa shape index (κ1) is 11.8. The molecular weight excluding hydrogens is 266 g/mol. The summed E-state index contributed by atoms with van der Waals surface area (Å²) < 4.78 is 0. The van der Waals surface area contributed by atoms with Crippen molar-refractivity contribution in [3.63, 3.8) is 0 Å². The molecule has 0 unspecified atom stereocenters. The summed E-state index contributed by atoms with van der Waals surface area (Å²) in [5.74, 6) is 0.479. The highest BCUT2D eigenvalue weighted by atomic mass is 32.1. The molecule has 0 spiro atoms. The average molecular weight is 279 g/mol. The van der Waals surface area contributed by atoms with E-state index in [0.29, 0.717) is 18.2 Å². The van der Waals surface area contributed by atoms with Gasteiger partial charge in [0.25, 0.3) is 5.91 Å². The summed E-state index contributed by atoms with van der Waals surface area (Å²) in [4.78, 5) is 21.9. The number of hydrogen-bond donors (Lipinski definition) is 1. The molecule has 4 nitrogen and oxygen atoms in total. The lowest BCUT2D eigenvalue weighted by atomic mass is 10.2. The quantitative estimate of drug-likeness (QED) is 0.936. The molecule has 6 heteroatoms. The van der Waals surface area contributed by atoms with Gasteiger partial charge in [-0.2, -0.15) is 0 Å². The van der Waals surface area contributed by atoms with E-state index in [-0.39, 0.29) is 5.91 Å². The van der Waals surface area contributed by atoms with Crippen LogP contribution >= 0.6 is 22.7 Å². The number of aromatic nitrogens is 2. The monoisotopic (exact) mass is 279 g/mol. The summed E-state index contributed by atoms with van der Waals surface area (Å²) in [6, 6.07) is 0. The van der Waals surface area contributed by atoms with Crippen LogP contribution in [-0.4, -0.2) is 22.4 Å². The van der Waals surface area contributed by atoms with E-state index < -0.39 is 0 Å². The predicted octanol–water partition coefficient (Wildman–Crippen LogP) is 2.89. The van der Waals surface area contributed by atoms with Crippen LogP contribution in [0, 0.1) is 0 Å². The molecule has 2 aromatic rings. The van der Waals surface area contributed by atoms with Crippen molar-refractivity contribution < 1.29 is 4.79 Å². The van der Waals surface area contributed by atoms with Crippen molar-refractivity contribution in [1.29, 1.82) is 0 Å². The van der Waals surface area contributed by atoms with E-state index in [1.165, 1.54) is 12.8 Å². The Hall–Kier alpha value is -1.27. The standard InChI is InChI=1S/C12H13N3OS2/c1-2-13-10(16)8-9(7-3-4-7)18-12(15-8)11-14-5-6-17-11/h5-7H,2-4H2,1H3,(H,13,16). The van der Waals surface area contributed by atoms with Gasteiger partial charge < -0.3 is 5.32 Å². The van der Waals surface area contributed by atoms with Gasteiger partial charge in [0.05, 0.1) is 0 Å². The van der Waals surface area contributed by atoms with Crippen molar-refractivity contribution >= 4 is 28.6 Å². The molecule has 0 aliphatic heterocycles. The van der Waals surface area contributed by atoms with Crippen LogP contribution in [0.5, 0.6) is 0 Å². The minimum atomic E-state index is -0.0570. The van der Waals surface area contributed by atoms with Gasteiger partial charge in [-0.1, -0.05) is 0 Å². The lowest BCUT2D eigenvalue weighted by Gasteiger charge is -2.00. The number of nitrogens with one attached hydrogen (secondary N) is 1. The maximum Gasteiger partial charge on any atom is 0.271 e. The molecule has 94 valence electrons. The normalized spacial score (nSPS) is 14.7. The topological polar surface area (TPSA) is 54.9 Å². The Morgan fingerprint density at radius 3 is 2.94 bits per heavy atom. The average Bonchev–Trinajstić information content (AvgIpc) is 2.92. The summed E-state index contributed by atoms with van der Waals surface area (Å²) >= 11 is 3.18. The van der Waals surface area contributed by atoms with Crippen LogP contribution in [0.2, 0.25) is 0 Å². The Morgan fingerprint density at radius 2 is 2.33 bits per heavy atom. The third kappa shape index (κ3) is 2.18. The van der Waals surface area contributed by atoms with E-state index in [1.54, 1.807) is 28.9 Å². The SMILES string of the molecule is CCNC(=O)c1nc(-c2nccs2)sc1C1CC1. The zero-order valence-electron chi connectivity index (χ0n) is 9.97. The van der Waals surface area contributed by atoms with Crippen LogP contribution < -0.4 is 5.32 Å². The van der Waals surface area contributed by atoms with Gasteiger partial charge in [-0.05, 0) is 25.7 Å². The number of carbonyl (C=O) groups is 1. The van der Waals surface area contributed by atoms with Crippen molar-refractivity contribution in [2.75, 3.05) is 6.54 Å². The molecule has 1 amide bonds. The Labute approximate surface area is 113 Å². The number of amides is 1. The van der Waals surface area contributed by atoms with Gasteiger partial charge >= 0.3 is 0 Å². The molecule has 1 N–H and O–H groups in total. The van der Waals surface area contributed by atoms with Crippen LogP contribution in [-0.2, 0) is 0 Å². The predicted molar refractivity (Wildman–Crippen MR) is 73.2 cm³/mol. The number of thiazole rings is 2. The summed E-state index contributed by atoms with van der Waals surface area (Å²) in [5, 5.41) is 6.53. The highest BCUT2D eigenvalue weighted by Crippen LogP contribution is 2.46. The van der Waals surface area contributed by atoms with Crippen molar-refractivity contribution in [2.24, 2.45) is 0 Å². The fourth-order valence-corrected chi connectivity index (χ4v) is 3.69. The Morgan fingerprint density at radius 1 is 1.50 bits per heavy atom.